The van der Waals surface area contributed by atoms with Gasteiger partial charge in [0.05, 0.1) is 31.4 Å². The summed E-state index contributed by atoms with van der Waals surface area (Å²) in [6, 6.07) is 21.8. The lowest BCUT2D eigenvalue weighted by Crippen LogP contribution is -2.09. The number of rotatable bonds is 6. The van der Waals surface area contributed by atoms with Crippen molar-refractivity contribution in [2.45, 2.75) is 6.92 Å². The summed E-state index contributed by atoms with van der Waals surface area (Å²) in [4.78, 5) is 12.4. The standard InChI is InChI=1S/C25H21NO4/c1-17-5-4-6-20(13-17)25(27)30-23-12-7-18(15-24(23)29-3)14-21(16-26)19-8-10-22(28-2)11-9-19/h4-15H,1-3H3/b21-14-. The minimum Gasteiger partial charge on any atom is -0.497 e. The normalized spacial score (nSPS) is 10.8. The second-order valence-electron chi connectivity index (χ2n) is 6.57. The van der Waals surface area contributed by atoms with Gasteiger partial charge in [-0.15, -0.1) is 0 Å². The summed E-state index contributed by atoms with van der Waals surface area (Å²) in [6.07, 6.45) is 1.75. The highest BCUT2D eigenvalue weighted by molar-refractivity contribution is 5.92. The number of methoxy groups -OCH3 is 2. The molecule has 0 aliphatic heterocycles. The molecule has 0 spiro atoms. The second kappa shape index (κ2) is 9.44. The summed E-state index contributed by atoms with van der Waals surface area (Å²) in [6.45, 7) is 1.91. The average molecular weight is 399 g/mol. The van der Waals surface area contributed by atoms with Crippen LogP contribution in [-0.4, -0.2) is 20.2 Å². The summed E-state index contributed by atoms with van der Waals surface area (Å²) in [5.74, 6) is 0.967. The Morgan fingerprint density at radius 3 is 2.30 bits per heavy atom. The number of ether oxygens (including phenoxy) is 3. The zero-order chi connectivity index (χ0) is 21.5. The summed E-state index contributed by atoms with van der Waals surface area (Å²) in [7, 11) is 3.09. The van der Waals surface area contributed by atoms with Gasteiger partial charge in [-0.25, -0.2) is 4.79 Å². The Morgan fingerprint density at radius 1 is 0.900 bits per heavy atom. The van der Waals surface area contributed by atoms with E-state index in [-0.39, 0.29) is 0 Å². The molecule has 3 aromatic carbocycles. The van der Waals surface area contributed by atoms with E-state index < -0.39 is 5.97 Å². The van der Waals surface area contributed by atoms with E-state index in [9.17, 15) is 10.1 Å². The number of allylic oxidation sites excluding steroid dienone is 1. The predicted molar refractivity (Wildman–Crippen MR) is 116 cm³/mol. The molecule has 0 atom stereocenters. The Bertz CT molecular complexity index is 1120. The topological polar surface area (TPSA) is 68.5 Å². The highest BCUT2D eigenvalue weighted by Gasteiger charge is 2.13. The molecule has 0 aliphatic rings. The molecule has 0 amide bonds. The Kier molecular flexibility index (Phi) is 6.51. The monoisotopic (exact) mass is 399 g/mol. The molecule has 0 heterocycles. The third-order valence-electron chi connectivity index (χ3n) is 4.48. The number of aryl methyl sites for hydroxylation is 1. The van der Waals surface area contributed by atoms with Crippen LogP contribution in [0.5, 0.6) is 17.2 Å². The fourth-order valence-electron chi connectivity index (χ4n) is 2.91. The van der Waals surface area contributed by atoms with Gasteiger partial charge in [0.15, 0.2) is 11.5 Å². The number of esters is 1. The highest BCUT2D eigenvalue weighted by atomic mass is 16.6. The maximum Gasteiger partial charge on any atom is 0.343 e. The van der Waals surface area contributed by atoms with E-state index in [0.29, 0.717) is 22.6 Å². The van der Waals surface area contributed by atoms with Crippen molar-refractivity contribution in [3.05, 3.63) is 89.0 Å². The lowest BCUT2D eigenvalue weighted by Gasteiger charge is -2.10. The molecule has 0 bridgehead atoms. The van der Waals surface area contributed by atoms with E-state index in [2.05, 4.69) is 6.07 Å². The molecule has 0 fully saturated rings. The van der Waals surface area contributed by atoms with Crippen LogP contribution >= 0.6 is 0 Å². The lowest BCUT2D eigenvalue weighted by molar-refractivity contribution is 0.0729. The first-order valence-corrected chi connectivity index (χ1v) is 9.27. The number of nitriles is 1. The van der Waals surface area contributed by atoms with E-state index in [0.717, 1.165) is 22.4 Å². The fraction of sp³-hybridized carbons (Fsp3) is 0.120. The van der Waals surface area contributed by atoms with Crippen molar-refractivity contribution in [1.82, 2.24) is 0 Å². The third kappa shape index (κ3) is 4.86. The maximum absolute atomic E-state index is 12.4. The first-order chi connectivity index (χ1) is 14.5. The molecule has 150 valence electrons. The Hall–Kier alpha value is -4.04. The van der Waals surface area contributed by atoms with Gasteiger partial charge in [0.2, 0.25) is 0 Å². The molecule has 0 unspecified atom stereocenters. The molecule has 3 rings (SSSR count). The molecule has 0 aromatic heterocycles. The number of hydrogen-bond donors (Lipinski definition) is 0. The van der Waals surface area contributed by atoms with Crippen LogP contribution < -0.4 is 14.2 Å². The molecule has 0 saturated carbocycles. The van der Waals surface area contributed by atoms with Gasteiger partial charge in [-0.1, -0.05) is 23.8 Å². The maximum atomic E-state index is 12.4. The van der Waals surface area contributed by atoms with Gasteiger partial charge in [0.25, 0.3) is 0 Å². The number of carbonyl (C=O) groups excluding carboxylic acids is 1. The van der Waals surface area contributed by atoms with E-state index in [1.165, 1.54) is 7.11 Å². The van der Waals surface area contributed by atoms with Gasteiger partial charge >= 0.3 is 5.97 Å². The van der Waals surface area contributed by atoms with Crippen molar-refractivity contribution in [2.75, 3.05) is 14.2 Å². The van der Waals surface area contributed by atoms with Gasteiger partial charge < -0.3 is 14.2 Å². The van der Waals surface area contributed by atoms with E-state index in [1.54, 1.807) is 61.7 Å². The molecule has 5 nitrogen and oxygen atoms in total. The highest BCUT2D eigenvalue weighted by Crippen LogP contribution is 2.31. The molecule has 3 aromatic rings. The van der Waals surface area contributed by atoms with Crippen LogP contribution in [0.2, 0.25) is 0 Å². The molecular formula is C25H21NO4. The van der Waals surface area contributed by atoms with Crippen molar-refractivity contribution in [2.24, 2.45) is 0 Å². The number of hydrogen-bond acceptors (Lipinski definition) is 5. The summed E-state index contributed by atoms with van der Waals surface area (Å²) in [5, 5.41) is 9.57. The fourth-order valence-corrected chi connectivity index (χ4v) is 2.91. The second-order valence-corrected chi connectivity index (χ2v) is 6.57. The Morgan fingerprint density at radius 2 is 1.67 bits per heavy atom. The largest absolute Gasteiger partial charge is 0.497 e. The van der Waals surface area contributed by atoms with Crippen LogP contribution in [0.15, 0.2) is 66.7 Å². The minimum atomic E-state index is -0.462. The molecule has 30 heavy (non-hydrogen) atoms. The van der Waals surface area contributed by atoms with E-state index in [1.807, 2.05) is 25.1 Å². The first kappa shape index (κ1) is 20.7. The minimum absolute atomic E-state index is 0.309. The van der Waals surface area contributed by atoms with Crippen molar-refractivity contribution in [3.8, 4) is 23.3 Å². The first-order valence-electron chi connectivity index (χ1n) is 9.27. The van der Waals surface area contributed by atoms with Gasteiger partial charge in [0.1, 0.15) is 5.75 Å². The number of carbonyl (C=O) groups is 1. The Labute approximate surface area is 175 Å². The van der Waals surface area contributed by atoms with Crippen molar-refractivity contribution in [1.29, 1.82) is 5.26 Å². The van der Waals surface area contributed by atoms with Gasteiger partial charge in [-0.2, -0.15) is 5.26 Å². The van der Waals surface area contributed by atoms with Crippen LogP contribution in [0.25, 0.3) is 11.6 Å². The van der Waals surface area contributed by atoms with Crippen LogP contribution in [0.3, 0.4) is 0 Å². The smallest absolute Gasteiger partial charge is 0.343 e. The predicted octanol–water partition coefficient (Wildman–Crippen LogP) is 5.30. The Balaban J connectivity index is 1.86. The molecule has 0 N–H and O–H groups in total. The summed E-state index contributed by atoms with van der Waals surface area (Å²) < 4.78 is 16.1. The summed E-state index contributed by atoms with van der Waals surface area (Å²) >= 11 is 0. The van der Waals surface area contributed by atoms with Crippen molar-refractivity contribution in [3.63, 3.8) is 0 Å². The molecule has 0 radical (unpaired) electrons. The van der Waals surface area contributed by atoms with E-state index >= 15 is 0 Å². The number of benzene rings is 3. The van der Waals surface area contributed by atoms with Gasteiger partial charge in [-0.05, 0) is 72.7 Å². The molecular weight excluding hydrogens is 378 g/mol. The van der Waals surface area contributed by atoms with Crippen LogP contribution in [0, 0.1) is 18.3 Å². The average Bonchev–Trinajstić information content (AvgIpc) is 2.78. The number of nitrogens with zero attached hydrogens (tertiary/aromatic N) is 1. The van der Waals surface area contributed by atoms with Crippen molar-refractivity contribution >= 4 is 17.6 Å². The van der Waals surface area contributed by atoms with E-state index in [4.69, 9.17) is 14.2 Å². The summed E-state index contributed by atoms with van der Waals surface area (Å²) in [5.41, 5.74) is 3.44. The van der Waals surface area contributed by atoms with Crippen molar-refractivity contribution < 1.29 is 19.0 Å². The quantitative estimate of drug-likeness (QED) is 0.244. The van der Waals surface area contributed by atoms with Crippen LogP contribution in [0.1, 0.15) is 27.0 Å². The molecule has 0 aliphatic carbocycles. The zero-order valence-corrected chi connectivity index (χ0v) is 17.0. The third-order valence-corrected chi connectivity index (χ3v) is 4.48. The molecule has 5 heteroatoms. The SMILES string of the molecule is COc1ccc(/C(C#N)=C\c2ccc(OC(=O)c3cccc(C)c3)c(OC)c2)cc1. The lowest BCUT2D eigenvalue weighted by atomic mass is 10.0. The zero-order valence-electron chi connectivity index (χ0n) is 17.0. The molecule has 0 saturated heterocycles. The van der Waals surface area contributed by atoms with Crippen LogP contribution in [-0.2, 0) is 0 Å². The van der Waals surface area contributed by atoms with Gasteiger partial charge in [0, 0.05) is 0 Å². The van der Waals surface area contributed by atoms with Crippen LogP contribution in [0.4, 0.5) is 0 Å². The van der Waals surface area contributed by atoms with Gasteiger partial charge in [-0.3, -0.25) is 0 Å².